The van der Waals surface area contributed by atoms with Crippen LogP contribution in [0.25, 0.3) is 0 Å². The number of hydrogen-bond acceptors (Lipinski definition) is 3. The molecule has 2 N–H and O–H groups in total. The Morgan fingerprint density at radius 3 is 2.71 bits per heavy atom. The maximum Gasteiger partial charge on any atom is 0.0259 e. The Hall–Kier alpha value is -0.120. The van der Waals surface area contributed by atoms with E-state index >= 15 is 0 Å². The van der Waals surface area contributed by atoms with Crippen LogP contribution in [0.1, 0.15) is 19.8 Å². The fourth-order valence-corrected chi connectivity index (χ4v) is 2.92. The molecule has 2 fully saturated rings. The number of nitrogens with zero attached hydrogens (tertiary/aromatic N) is 1. The highest BCUT2D eigenvalue weighted by Gasteiger charge is 2.30. The van der Waals surface area contributed by atoms with Gasteiger partial charge in [0, 0.05) is 31.7 Å². The van der Waals surface area contributed by atoms with E-state index in [1.165, 1.54) is 25.9 Å². The van der Waals surface area contributed by atoms with E-state index < -0.39 is 0 Å². The van der Waals surface area contributed by atoms with E-state index in [0.717, 1.165) is 19.0 Å². The molecule has 2 heterocycles. The average molecular weight is 197 g/mol. The number of piperidine rings is 1. The third kappa shape index (κ3) is 2.27. The quantitative estimate of drug-likeness (QED) is 0.632. The molecule has 2 aliphatic rings. The van der Waals surface area contributed by atoms with Crippen LogP contribution in [0.3, 0.4) is 0 Å². The molecule has 3 unspecified atom stereocenters. The molecule has 2 aliphatic heterocycles. The summed E-state index contributed by atoms with van der Waals surface area (Å²) in [5.74, 6) is 0.844. The van der Waals surface area contributed by atoms with E-state index in [1.807, 2.05) is 0 Å². The maximum absolute atomic E-state index is 3.67. The van der Waals surface area contributed by atoms with Crippen molar-refractivity contribution < 1.29 is 0 Å². The fraction of sp³-hybridized carbons (Fsp3) is 1.00. The SMILES string of the molecule is CC1NCCNC1C1CCCN(C)C1. The minimum atomic E-state index is 0.639. The van der Waals surface area contributed by atoms with Gasteiger partial charge in [0.2, 0.25) is 0 Å². The molecule has 3 nitrogen and oxygen atoms in total. The minimum Gasteiger partial charge on any atom is -0.311 e. The van der Waals surface area contributed by atoms with Gasteiger partial charge in [-0.25, -0.2) is 0 Å². The zero-order valence-electron chi connectivity index (χ0n) is 9.42. The molecule has 0 aromatic rings. The van der Waals surface area contributed by atoms with Gasteiger partial charge in [-0.1, -0.05) is 0 Å². The number of rotatable bonds is 1. The average Bonchev–Trinajstić information content (AvgIpc) is 2.18. The summed E-state index contributed by atoms with van der Waals surface area (Å²) in [7, 11) is 2.24. The third-order valence-electron chi connectivity index (χ3n) is 3.68. The second kappa shape index (κ2) is 4.60. The summed E-state index contributed by atoms with van der Waals surface area (Å²) in [6.45, 7) is 7.12. The van der Waals surface area contributed by atoms with Crippen LogP contribution in [0.2, 0.25) is 0 Å². The summed E-state index contributed by atoms with van der Waals surface area (Å²) < 4.78 is 0. The molecule has 0 saturated carbocycles. The van der Waals surface area contributed by atoms with Crippen LogP contribution in [-0.2, 0) is 0 Å². The van der Waals surface area contributed by atoms with E-state index in [0.29, 0.717) is 12.1 Å². The molecule has 2 rings (SSSR count). The highest BCUT2D eigenvalue weighted by molar-refractivity contribution is 4.91. The Balaban J connectivity index is 1.91. The van der Waals surface area contributed by atoms with Gasteiger partial charge in [-0.2, -0.15) is 0 Å². The molecule has 0 bridgehead atoms. The third-order valence-corrected chi connectivity index (χ3v) is 3.68. The van der Waals surface area contributed by atoms with E-state index in [-0.39, 0.29) is 0 Å². The maximum atomic E-state index is 3.67. The van der Waals surface area contributed by atoms with Crippen molar-refractivity contribution in [2.24, 2.45) is 5.92 Å². The normalized spacial score (nSPS) is 41.1. The fourth-order valence-electron chi connectivity index (χ4n) is 2.92. The molecule has 0 spiro atoms. The lowest BCUT2D eigenvalue weighted by Gasteiger charge is -2.41. The van der Waals surface area contributed by atoms with Gasteiger partial charge in [-0.3, -0.25) is 0 Å². The zero-order chi connectivity index (χ0) is 9.97. The molecular weight excluding hydrogens is 174 g/mol. The van der Waals surface area contributed by atoms with Crippen LogP contribution in [0, 0.1) is 5.92 Å². The van der Waals surface area contributed by atoms with E-state index in [4.69, 9.17) is 0 Å². The van der Waals surface area contributed by atoms with Crippen molar-refractivity contribution in [3.05, 3.63) is 0 Å². The first-order chi connectivity index (χ1) is 6.77. The Morgan fingerprint density at radius 2 is 2.00 bits per heavy atom. The lowest BCUT2D eigenvalue weighted by molar-refractivity contribution is 0.145. The Labute approximate surface area is 87.2 Å². The number of hydrogen-bond donors (Lipinski definition) is 2. The van der Waals surface area contributed by atoms with Gasteiger partial charge >= 0.3 is 0 Å². The summed E-state index contributed by atoms with van der Waals surface area (Å²) in [5.41, 5.74) is 0. The first-order valence-electron chi connectivity index (χ1n) is 5.92. The molecule has 0 aromatic heterocycles. The lowest BCUT2D eigenvalue weighted by Crippen LogP contribution is -2.59. The minimum absolute atomic E-state index is 0.639. The monoisotopic (exact) mass is 197 g/mol. The summed E-state index contributed by atoms with van der Waals surface area (Å²) in [6.07, 6.45) is 2.76. The van der Waals surface area contributed by atoms with Crippen LogP contribution >= 0.6 is 0 Å². The molecule has 0 radical (unpaired) electrons. The summed E-state index contributed by atoms with van der Waals surface area (Å²) >= 11 is 0. The topological polar surface area (TPSA) is 27.3 Å². The van der Waals surface area contributed by atoms with Gasteiger partial charge in [0.25, 0.3) is 0 Å². The van der Waals surface area contributed by atoms with Gasteiger partial charge in [0.05, 0.1) is 0 Å². The Morgan fingerprint density at radius 1 is 1.21 bits per heavy atom. The number of piperazine rings is 1. The lowest BCUT2D eigenvalue weighted by atomic mass is 9.86. The zero-order valence-corrected chi connectivity index (χ0v) is 9.42. The van der Waals surface area contributed by atoms with Crippen LogP contribution in [-0.4, -0.2) is 50.2 Å². The Bertz CT molecular complexity index is 183. The first-order valence-corrected chi connectivity index (χ1v) is 5.92. The summed E-state index contributed by atoms with van der Waals surface area (Å²) in [4.78, 5) is 2.47. The van der Waals surface area contributed by atoms with Crippen molar-refractivity contribution in [3.8, 4) is 0 Å². The highest BCUT2D eigenvalue weighted by Crippen LogP contribution is 2.21. The molecular formula is C11H23N3. The second-order valence-corrected chi connectivity index (χ2v) is 4.89. The van der Waals surface area contributed by atoms with Gasteiger partial charge in [0.15, 0.2) is 0 Å². The van der Waals surface area contributed by atoms with E-state index in [2.05, 4.69) is 29.5 Å². The summed E-state index contributed by atoms with van der Waals surface area (Å²) in [6, 6.07) is 1.33. The predicted octanol–water partition coefficient (Wildman–Crippen LogP) is 0.278. The molecule has 3 atom stereocenters. The van der Waals surface area contributed by atoms with E-state index in [1.54, 1.807) is 0 Å². The van der Waals surface area contributed by atoms with Crippen LogP contribution < -0.4 is 10.6 Å². The highest BCUT2D eigenvalue weighted by atomic mass is 15.1. The molecule has 2 saturated heterocycles. The second-order valence-electron chi connectivity index (χ2n) is 4.89. The van der Waals surface area contributed by atoms with Gasteiger partial charge in [-0.05, 0) is 39.3 Å². The molecule has 14 heavy (non-hydrogen) atoms. The smallest absolute Gasteiger partial charge is 0.0259 e. The molecule has 0 aromatic carbocycles. The Kier molecular flexibility index (Phi) is 3.42. The van der Waals surface area contributed by atoms with Crippen molar-refractivity contribution in [3.63, 3.8) is 0 Å². The van der Waals surface area contributed by atoms with Gasteiger partial charge in [-0.15, -0.1) is 0 Å². The molecule has 0 aliphatic carbocycles. The number of likely N-dealkylation sites (tertiary alicyclic amines) is 1. The van der Waals surface area contributed by atoms with Crippen molar-refractivity contribution >= 4 is 0 Å². The van der Waals surface area contributed by atoms with E-state index in [9.17, 15) is 0 Å². The van der Waals surface area contributed by atoms with Crippen molar-refractivity contribution in [2.45, 2.75) is 31.8 Å². The van der Waals surface area contributed by atoms with Crippen LogP contribution in [0.4, 0.5) is 0 Å². The van der Waals surface area contributed by atoms with Gasteiger partial charge < -0.3 is 15.5 Å². The molecule has 0 amide bonds. The van der Waals surface area contributed by atoms with Crippen molar-refractivity contribution in [2.75, 3.05) is 33.2 Å². The largest absolute Gasteiger partial charge is 0.311 e. The standard InChI is InChI=1S/C11H23N3/c1-9-11(13-6-5-12-9)10-4-3-7-14(2)8-10/h9-13H,3-8H2,1-2H3. The predicted molar refractivity (Wildman–Crippen MR) is 59.5 cm³/mol. The van der Waals surface area contributed by atoms with Crippen LogP contribution in [0.15, 0.2) is 0 Å². The van der Waals surface area contributed by atoms with Crippen LogP contribution in [0.5, 0.6) is 0 Å². The van der Waals surface area contributed by atoms with Crippen molar-refractivity contribution in [1.29, 1.82) is 0 Å². The van der Waals surface area contributed by atoms with Gasteiger partial charge in [0.1, 0.15) is 0 Å². The molecule has 82 valence electrons. The number of nitrogens with one attached hydrogen (secondary N) is 2. The summed E-state index contributed by atoms with van der Waals surface area (Å²) in [5, 5.41) is 7.23. The first kappa shape index (κ1) is 10.4. The molecule has 3 heteroatoms. The van der Waals surface area contributed by atoms with Crippen molar-refractivity contribution in [1.82, 2.24) is 15.5 Å².